The highest BCUT2D eigenvalue weighted by Gasteiger charge is 2.32. The zero-order chi connectivity index (χ0) is 14.0. The van der Waals surface area contributed by atoms with Gasteiger partial charge >= 0.3 is 5.69 Å². The Bertz CT molecular complexity index is 443. The van der Waals surface area contributed by atoms with Crippen LogP contribution in [0.15, 0.2) is 0 Å². The number of nitro groups is 1. The van der Waals surface area contributed by atoms with Crippen molar-refractivity contribution in [1.82, 2.24) is 9.78 Å². The highest BCUT2D eigenvalue weighted by atomic mass is 35.5. The molecule has 1 rings (SSSR count). The number of rotatable bonds is 5. The number of halogens is 1. The smallest absolute Gasteiger partial charge is 0.259 e. The van der Waals surface area contributed by atoms with Gasteiger partial charge in [0.25, 0.3) is 0 Å². The maximum absolute atomic E-state index is 11.2. The second kappa shape index (κ2) is 5.69. The van der Waals surface area contributed by atoms with E-state index >= 15 is 0 Å². The number of hydrogen-bond donors (Lipinski definition) is 0. The Hall–Kier alpha value is -1.10. The molecule has 6 heteroatoms. The van der Waals surface area contributed by atoms with Crippen LogP contribution in [0.2, 0.25) is 0 Å². The van der Waals surface area contributed by atoms with E-state index in [9.17, 15) is 10.1 Å². The van der Waals surface area contributed by atoms with E-state index in [-0.39, 0.29) is 27.9 Å². The lowest BCUT2D eigenvalue weighted by molar-refractivity contribution is -0.386. The summed E-state index contributed by atoms with van der Waals surface area (Å²) in [6.45, 7) is 9.48. The first-order valence-corrected chi connectivity index (χ1v) is 6.62. The molecule has 0 saturated heterocycles. The molecule has 1 heterocycles. The molecule has 0 spiro atoms. The molecule has 102 valence electrons. The third-order valence-corrected chi connectivity index (χ3v) is 3.81. The first-order valence-electron chi connectivity index (χ1n) is 6.18. The summed E-state index contributed by atoms with van der Waals surface area (Å²) in [6.07, 6.45) is 0.766. The van der Waals surface area contributed by atoms with E-state index in [4.69, 9.17) is 11.6 Å². The summed E-state index contributed by atoms with van der Waals surface area (Å²) < 4.78 is 1.73. The number of nitrogens with zero attached hydrogens (tertiary/aromatic N) is 3. The molecule has 0 amide bonds. The Labute approximate surface area is 112 Å². The maximum atomic E-state index is 11.2. The lowest BCUT2D eigenvalue weighted by Gasteiger charge is -2.19. The lowest BCUT2D eigenvalue weighted by atomic mass is 9.99. The summed E-state index contributed by atoms with van der Waals surface area (Å²) in [5.41, 5.74) is 1.19. The van der Waals surface area contributed by atoms with Crippen molar-refractivity contribution in [2.75, 3.05) is 0 Å². The molecule has 0 aliphatic carbocycles. The molecule has 0 fully saturated rings. The largest absolute Gasteiger partial charge is 0.313 e. The van der Waals surface area contributed by atoms with Crippen molar-refractivity contribution >= 4 is 17.3 Å². The first kappa shape index (κ1) is 15.0. The SMILES string of the molecule is CCC(Cl)C(C)c1c([N+](=O)[O-])c(C)nn1C(C)C. The highest BCUT2D eigenvalue weighted by Crippen LogP contribution is 2.35. The number of aryl methyl sites for hydroxylation is 1. The van der Waals surface area contributed by atoms with E-state index in [1.807, 2.05) is 27.7 Å². The molecular weight excluding hydrogens is 254 g/mol. The molecule has 2 unspecified atom stereocenters. The summed E-state index contributed by atoms with van der Waals surface area (Å²) in [6, 6.07) is 0.0792. The van der Waals surface area contributed by atoms with Crippen molar-refractivity contribution in [3.8, 4) is 0 Å². The summed E-state index contributed by atoms with van der Waals surface area (Å²) in [5.74, 6) is -0.0966. The monoisotopic (exact) mass is 273 g/mol. The van der Waals surface area contributed by atoms with E-state index in [0.717, 1.165) is 6.42 Å². The molecule has 1 aromatic heterocycles. The van der Waals surface area contributed by atoms with Gasteiger partial charge in [-0.3, -0.25) is 14.8 Å². The van der Waals surface area contributed by atoms with Crippen LogP contribution in [0.3, 0.4) is 0 Å². The molecule has 0 aliphatic rings. The van der Waals surface area contributed by atoms with Crippen molar-refractivity contribution in [3.05, 3.63) is 21.5 Å². The van der Waals surface area contributed by atoms with Crippen LogP contribution in [0.1, 0.15) is 57.5 Å². The summed E-state index contributed by atoms with van der Waals surface area (Å²) >= 11 is 6.25. The average molecular weight is 274 g/mol. The highest BCUT2D eigenvalue weighted by molar-refractivity contribution is 6.21. The zero-order valence-corrected chi connectivity index (χ0v) is 12.2. The third kappa shape index (κ3) is 2.66. The second-order valence-corrected chi connectivity index (χ2v) is 5.39. The van der Waals surface area contributed by atoms with Gasteiger partial charge in [-0.05, 0) is 27.2 Å². The molecule has 0 saturated carbocycles. The predicted molar refractivity (Wildman–Crippen MR) is 72.4 cm³/mol. The minimum atomic E-state index is -0.355. The van der Waals surface area contributed by atoms with Crippen molar-refractivity contribution in [2.45, 2.75) is 58.4 Å². The molecule has 5 nitrogen and oxygen atoms in total. The first-order chi connectivity index (χ1) is 8.31. The van der Waals surface area contributed by atoms with E-state index < -0.39 is 0 Å². The minimum Gasteiger partial charge on any atom is -0.259 e. The molecule has 2 atom stereocenters. The fourth-order valence-corrected chi connectivity index (χ4v) is 2.24. The van der Waals surface area contributed by atoms with Crippen LogP contribution in [0.5, 0.6) is 0 Å². The Morgan fingerprint density at radius 3 is 2.39 bits per heavy atom. The number of hydrogen-bond acceptors (Lipinski definition) is 3. The van der Waals surface area contributed by atoms with Crippen molar-refractivity contribution in [1.29, 1.82) is 0 Å². The summed E-state index contributed by atoms with van der Waals surface area (Å²) in [5, 5.41) is 15.4. The normalized spacial score (nSPS) is 14.8. The molecule has 0 bridgehead atoms. The summed E-state index contributed by atoms with van der Waals surface area (Å²) in [4.78, 5) is 10.8. The molecule has 1 aromatic rings. The Morgan fingerprint density at radius 1 is 1.44 bits per heavy atom. The molecular formula is C12H20ClN3O2. The molecule has 0 aromatic carbocycles. The van der Waals surface area contributed by atoms with Crippen molar-refractivity contribution in [2.24, 2.45) is 0 Å². The van der Waals surface area contributed by atoms with Crippen LogP contribution >= 0.6 is 11.6 Å². The minimum absolute atomic E-state index is 0.0792. The van der Waals surface area contributed by atoms with E-state index in [0.29, 0.717) is 11.4 Å². The molecule has 0 aliphatic heterocycles. The Balaban J connectivity index is 3.41. The second-order valence-electron chi connectivity index (χ2n) is 4.83. The standard InChI is InChI=1S/C12H20ClN3O2/c1-6-10(13)8(4)11-12(16(17)18)9(5)14-15(11)7(2)3/h7-8,10H,6H2,1-5H3. The van der Waals surface area contributed by atoms with Gasteiger partial charge in [0.15, 0.2) is 0 Å². The Kier molecular flexibility index (Phi) is 4.73. The van der Waals surface area contributed by atoms with Gasteiger partial charge in [0.05, 0.1) is 4.92 Å². The van der Waals surface area contributed by atoms with Crippen LogP contribution in [0.25, 0.3) is 0 Å². The number of alkyl halides is 1. The van der Waals surface area contributed by atoms with E-state index in [1.54, 1.807) is 11.6 Å². The van der Waals surface area contributed by atoms with Gasteiger partial charge in [0.2, 0.25) is 0 Å². The molecule has 18 heavy (non-hydrogen) atoms. The van der Waals surface area contributed by atoms with Gasteiger partial charge in [-0.1, -0.05) is 13.8 Å². The van der Waals surface area contributed by atoms with E-state index in [1.165, 1.54) is 0 Å². The van der Waals surface area contributed by atoms with Crippen LogP contribution in [-0.2, 0) is 0 Å². The zero-order valence-electron chi connectivity index (χ0n) is 11.5. The quantitative estimate of drug-likeness (QED) is 0.466. The topological polar surface area (TPSA) is 61.0 Å². The number of aromatic nitrogens is 2. The third-order valence-electron chi connectivity index (χ3n) is 3.13. The predicted octanol–water partition coefficient (Wildman–Crippen LogP) is 3.80. The Morgan fingerprint density at radius 2 is 2.00 bits per heavy atom. The average Bonchev–Trinajstić information content (AvgIpc) is 2.64. The fraction of sp³-hybridized carbons (Fsp3) is 0.750. The summed E-state index contributed by atoms with van der Waals surface area (Å²) in [7, 11) is 0. The van der Waals surface area contributed by atoms with Gasteiger partial charge in [-0.2, -0.15) is 5.10 Å². The van der Waals surface area contributed by atoms with Crippen molar-refractivity contribution in [3.63, 3.8) is 0 Å². The van der Waals surface area contributed by atoms with Gasteiger partial charge in [0.1, 0.15) is 11.4 Å². The maximum Gasteiger partial charge on any atom is 0.313 e. The van der Waals surface area contributed by atoms with Gasteiger partial charge < -0.3 is 0 Å². The fourth-order valence-electron chi connectivity index (χ4n) is 2.13. The van der Waals surface area contributed by atoms with Crippen molar-refractivity contribution < 1.29 is 4.92 Å². The van der Waals surface area contributed by atoms with Gasteiger partial charge in [0, 0.05) is 17.3 Å². The van der Waals surface area contributed by atoms with Crippen LogP contribution in [0.4, 0.5) is 5.69 Å². The van der Waals surface area contributed by atoms with E-state index in [2.05, 4.69) is 5.10 Å². The lowest BCUT2D eigenvalue weighted by Crippen LogP contribution is -2.17. The van der Waals surface area contributed by atoms with Gasteiger partial charge in [-0.25, -0.2) is 0 Å². The molecule has 0 N–H and O–H groups in total. The van der Waals surface area contributed by atoms with Gasteiger partial charge in [-0.15, -0.1) is 11.6 Å². The molecule has 0 radical (unpaired) electrons. The van der Waals surface area contributed by atoms with Crippen LogP contribution in [0, 0.1) is 17.0 Å². The van der Waals surface area contributed by atoms with Crippen LogP contribution < -0.4 is 0 Å². The van der Waals surface area contributed by atoms with Crippen LogP contribution in [-0.4, -0.2) is 20.1 Å².